The van der Waals surface area contributed by atoms with Crippen LogP contribution in [0.2, 0.25) is 0 Å². The fraction of sp³-hybridized carbons (Fsp3) is 0.107. The van der Waals surface area contributed by atoms with Crippen LogP contribution in [0.4, 0.5) is 0 Å². The summed E-state index contributed by atoms with van der Waals surface area (Å²) < 4.78 is 6.90. The standard InChI is InChI=1S/C28H27O2P/c1-2-15-28(29)30-31(24-16-7-3-8-17-24,25-18-9-4-10-19-25,26-20-11-5-12-21-26)27-22-13-6-14-23-27/h3-14,16-23H,2,15H2,1H3. The van der Waals surface area contributed by atoms with Crippen LogP contribution in [-0.2, 0) is 9.32 Å². The maximum absolute atomic E-state index is 13.4. The molecule has 156 valence electrons. The van der Waals surface area contributed by atoms with E-state index < -0.39 is 6.83 Å². The van der Waals surface area contributed by atoms with E-state index in [0.29, 0.717) is 6.42 Å². The summed E-state index contributed by atoms with van der Waals surface area (Å²) in [6.07, 6.45) is 1.11. The molecule has 0 aromatic heterocycles. The van der Waals surface area contributed by atoms with Gasteiger partial charge in [0.15, 0.2) is 0 Å². The number of hydrogen-bond donors (Lipinski definition) is 0. The molecule has 0 saturated carbocycles. The number of rotatable bonds is 7. The molecule has 2 nitrogen and oxygen atoms in total. The number of carbonyl (C=O) groups excluding carboxylic acids is 1. The summed E-state index contributed by atoms with van der Waals surface area (Å²) in [6, 6.07) is 41.0. The fourth-order valence-corrected chi connectivity index (χ4v) is 10.1. The van der Waals surface area contributed by atoms with Crippen LogP contribution in [0.15, 0.2) is 121 Å². The summed E-state index contributed by atoms with van der Waals surface area (Å²) in [6.45, 7) is -1.82. The monoisotopic (exact) mass is 426 g/mol. The van der Waals surface area contributed by atoms with Gasteiger partial charge in [0.05, 0.1) is 0 Å². The quantitative estimate of drug-likeness (QED) is 0.385. The minimum absolute atomic E-state index is 0.180. The molecule has 0 N–H and O–H groups in total. The second kappa shape index (κ2) is 8.88. The molecular weight excluding hydrogens is 399 g/mol. The average Bonchev–Trinajstić information content (AvgIpc) is 2.85. The topological polar surface area (TPSA) is 26.3 Å². The minimum atomic E-state index is -3.83. The first kappa shape index (κ1) is 21.0. The van der Waals surface area contributed by atoms with Crippen LogP contribution >= 0.6 is 6.83 Å². The molecule has 0 radical (unpaired) electrons. The summed E-state index contributed by atoms with van der Waals surface area (Å²) in [7, 11) is 0. The molecule has 0 heterocycles. The first-order valence-electron chi connectivity index (χ1n) is 10.7. The van der Waals surface area contributed by atoms with Gasteiger partial charge in [-0.3, -0.25) is 0 Å². The van der Waals surface area contributed by atoms with E-state index in [4.69, 9.17) is 4.52 Å². The number of carbonyl (C=O) groups is 1. The van der Waals surface area contributed by atoms with Crippen molar-refractivity contribution in [2.75, 3.05) is 0 Å². The van der Waals surface area contributed by atoms with Crippen molar-refractivity contribution in [3.8, 4) is 0 Å². The molecule has 0 aliphatic carbocycles. The SMILES string of the molecule is CCCC(=O)OP(c1ccccc1)(c1ccccc1)(c1ccccc1)c1ccccc1. The Morgan fingerprint density at radius 3 is 1.13 bits per heavy atom. The van der Waals surface area contributed by atoms with E-state index in [1.165, 1.54) is 0 Å². The van der Waals surface area contributed by atoms with Crippen LogP contribution < -0.4 is 21.2 Å². The molecule has 0 bridgehead atoms. The molecule has 0 amide bonds. The molecule has 4 aromatic rings. The third-order valence-corrected chi connectivity index (χ3v) is 11.4. The van der Waals surface area contributed by atoms with Gasteiger partial charge in [-0.2, -0.15) is 0 Å². The molecule has 0 saturated heterocycles. The third kappa shape index (κ3) is 3.38. The summed E-state index contributed by atoms with van der Waals surface area (Å²) in [5.74, 6) is -0.180. The van der Waals surface area contributed by atoms with Gasteiger partial charge in [0.1, 0.15) is 0 Å². The fourth-order valence-electron chi connectivity index (χ4n) is 4.41. The van der Waals surface area contributed by atoms with Crippen molar-refractivity contribution in [1.29, 1.82) is 0 Å². The van der Waals surface area contributed by atoms with Gasteiger partial charge in [0.2, 0.25) is 0 Å². The second-order valence-electron chi connectivity index (χ2n) is 7.59. The van der Waals surface area contributed by atoms with Crippen molar-refractivity contribution in [3.63, 3.8) is 0 Å². The molecule has 4 aromatic carbocycles. The van der Waals surface area contributed by atoms with Gasteiger partial charge < -0.3 is 0 Å². The molecule has 0 aliphatic heterocycles. The summed E-state index contributed by atoms with van der Waals surface area (Å²) in [4.78, 5) is 13.4. The van der Waals surface area contributed by atoms with Crippen molar-refractivity contribution >= 4 is 34.0 Å². The second-order valence-corrected chi connectivity index (χ2v) is 11.9. The molecule has 0 spiro atoms. The molecule has 31 heavy (non-hydrogen) atoms. The third-order valence-electron chi connectivity index (χ3n) is 5.73. The molecule has 3 heteroatoms. The van der Waals surface area contributed by atoms with Crippen LogP contribution in [-0.4, -0.2) is 5.97 Å². The first-order valence-corrected chi connectivity index (χ1v) is 12.8. The molecule has 0 fully saturated rings. The predicted molar refractivity (Wildman–Crippen MR) is 132 cm³/mol. The van der Waals surface area contributed by atoms with Gasteiger partial charge in [-0.15, -0.1) is 0 Å². The van der Waals surface area contributed by atoms with Gasteiger partial charge >= 0.3 is 184 Å². The Bertz CT molecular complexity index is 957. The van der Waals surface area contributed by atoms with E-state index in [-0.39, 0.29) is 5.97 Å². The maximum atomic E-state index is 13.4. The Balaban J connectivity index is 2.25. The molecule has 0 atom stereocenters. The van der Waals surface area contributed by atoms with Crippen molar-refractivity contribution in [3.05, 3.63) is 121 Å². The number of benzene rings is 4. The van der Waals surface area contributed by atoms with E-state index in [2.05, 4.69) is 48.5 Å². The van der Waals surface area contributed by atoms with E-state index in [1.807, 2.05) is 79.7 Å². The Morgan fingerprint density at radius 2 is 0.871 bits per heavy atom. The van der Waals surface area contributed by atoms with Gasteiger partial charge in [0, 0.05) is 0 Å². The molecule has 4 rings (SSSR count). The molecule has 0 unspecified atom stereocenters. The Morgan fingerprint density at radius 1 is 0.581 bits per heavy atom. The van der Waals surface area contributed by atoms with E-state index in [9.17, 15) is 4.79 Å². The summed E-state index contributed by atoms with van der Waals surface area (Å²) >= 11 is 0. The van der Waals surface area contributed by atoms with Crippen LogP contribution in [0, 0.1) is 0 Å². The van der Waals surface area contributed by atoms with Crippen molar-refractivity contribution in [1.82, 2.24) is 0 Å². The van der Waals surface area contributed by atoms with Crippen molar-refractivity contribution < 1.29 is 9.32 Å². The van der Waals surface area contributed by atoms with Crippen LogP contribution in [0.3, 0.4) is 0 Å². The Labute approximate surface area is 184 Å². The predicted octanol–water partition coefficient (Wildman–Crippen LogP) is 5.10. The van der Waals surface area contributed by atoms with Crippen LogP contribution in [0.5, 0.6) is 0 Å². The van der Waals surface area contributed by atoms with Gasteiger partial charge in [-0.25, -0.2) is 0 Å². The van der Waals surface area contributed by atoms with Gasteiger partial charge in [-0.05, 0) is 0 Å². The van der Waals surface area contributed by atoms with Crippen molar-refractivity contribution in [2.24, 2.45) is 0 Å². The average molecular weight is 426 g/mol. The van der Waals surface area contributed by atoms with E-state index >= 15 is 0 Å². The molecule has 0 aliphatic rings. The first-order chi connectivity index (χ1) is 15.2. The van der Waals surface area contributed by atoms with Gasteiger partial charge in [-0.1, -0.05) is 0 Å². The summed E-state index contributed by atoms with van der Waals surface area (Å²) in [5.41, 5.74) is 0. The van der Waals surface area contributed by atoms with Gasteiger partial charge in [0.25, 0.3) is 0 Å². The Hall–Kier alpha value is -3.22. The van der Waals surface area contributed by atoms with E-state index in [1.54, 1.807) is 0 Å². The van der Waals surface area contributed by atoms with Crippen LogP contribution in [0.1, 0.15) is 19.8 Å². The zero-order valence-corrected chi connectivity index (χ0v) is 18.6. The van der Waals surface area contributed by atoms with E-state index in [0.717, 1.165) is 27.6 Å². The Kier molecular flexibility index (Phi) is 6.02. The zero-order chi connectivity index (χ0) is 21.6. The van der Waals surface area contributed by atoms with Crippen molar-refractivity contribution in [2.45, 2.75) is 19.8 Å². The van der Waals surface area contributed by atoms with Crippen LogP contribution in [0.25, 0.3) is 0 Å². The molecular formula is C28H27O2P. The number of hydrogen-bond acceptors (Lipinski definition) is 2. The normalized spacial score (nSPS) is 12.5. The zero-order valence-electron chi connectivity index (χ0n) is 17.7. The summed E-state index contributed by atoms with van der Waals surface area (Å²) in [5, 5.41) is 4.06.